The first-order chi connectivity index (χ1) is 9.26. The Hall–Kier alpha value is -1.74. The molecule has 0 aliphatic rings. The van der Waals surface area contributed by atoms with Crippen molar-refractivity contribution < 1.29 is 9.15 Å². The molecule has 0 bridgehead atoms. The van der Waals surface area contributed by atoms with E-state index in [1.807, 2.05) is 31.2 Å². The number of methoxy groups -OCH3 is 1. The van der Waals surface area contributed by atoms with Crippen LogP contribution in [0.3, 0.4) is 0 Å². The van der Waals surface area contributed by atoms with Crippen LogP contribution in [0.1, 0.15) is 29.9 Å². The Labute approximate surface area is 114 Å². The minimum absolute atomic E-state index is 0.250. The molecule has 0 aliphatic heterocycles. The van der Waals surface area contributed by atoms with Gasteiger partial charge in [-0.15, -0.1) is 0 Å². The van der Waals surface area contributed by atoms with Crippen molar-refractivity contribution in [2.75, 3.05) is 13.7 Å². The lowest BCUT2D eigenvalue weighted by molar-refractivity contribution is 0.405. The number of rotatable bonds is 6. The molecule has 0 fully saturated rings. The van der Waals surface area contributed by atoms with Gasteiger partial charge < -0.3 is 14.5 Å². The molecular formula is C16H21NO2. The van der Waals surface area contributed by atoms with E-state index in [0.717, 1.165) is 24.5 Å². The van der Waals surface area contributed by atoms with Gasteiger partial charge in [0.2, 0.25) is 0 Å². The van der Waals surface area contributed by atoms with Crippen molar-refractivity contribution in [3.8, 4) is 5.75 Å². The third-order valence-corrected chi connectivity index (χ3v) is 3.34. The van der Waals surface area contributed by atoms with E-state index < -0.39 is 0 Å². The predicted octanol–water partition coefficient (Wildman–Crippen LogP) is 3.49. The van der Waals surface area contributed by atoms with Crippen molar-refractivity contribution >= 4 is 0 Å². The fraction of sp³-hybridized carbons (Fsp3) is 0.375. The van der Waals surface area contributed by atoms with E-state index in [2.05, 4.69) is 18.3 Å². The molecule has 0 radical (unpaired) electrons. The summed E-state index contributed by atoms with van der Waals surface area (Å²) in [6.07, 6.45) is 2.63. The molecule has 0 saturated carbocycles. The molecule has 0 amide bonds. The lowest BCUT2D eigenvalue weighted by Gasteiger charge is -2.19. The van der Waals surface area contributed by atoms with E-state index >= 15 is 0 Å². The second-order valence-electron chi connectivity index (χ2n) is 4.56. The highest BCUT2D eigenvalue weighted by atomic mass is 16.5. The molecule has 3 heteroatoms. The summed E-state index contributed by atoms with van der Waals surface area (Å²) >= 11 is 0. The maximum atomic E-state index is 5.42. The fourth-order valence-electron chi connectivity index (χ4n) is 2.39. The Balaban J connectivity index is 2.24. The maximum Gasteiger partial charge on any atom is 0.122 e. The summed E-state index contributed by atoms with van der Waals surface area (Å²) in [6, 6.07) is 10.4. The highest BCUT2D eigenvalue weighted by molar-refractivity contribution is 5.35. The molecule has 1 unspecified atom stereocenters. The summed E-state index contributed by atoms with van der Waals surface area (Å²) < 4.78 is 10.8. The average Bonchev–Trinajstić information content (AvgIpc) is 2.85. The number of para-hydroxylation sites is 1. The smallest absolute Gasteiger partial charge is 0.122 e. The minimum atomic E-state index is 0.250. The highest BCUT2D eigenvalue weighted by Gasteiger charge is 2.17. The Morgan fingerprint density at radius 1 is 1.26 bits per heavy atom. The average molecular weight is 259 g/mol. The zero-order valence-corrected chi connectivity index (χ0v) is 11.8. The molecule has 3 nitrogen and oxygen atoms in total. The first kappa shape index (κ1) is 13.7. The van der Waals surface area contributed by atoms with E-state index in [4.69, 9.17) is 9.15 Å². The first-order valence-electron chi connectivity index (χ1n) is 6.65. The lowest BCUT2D eigenvalue weighted by Crippen LogP contribution is -2.23. The van der Waals surface area contributed by atoms with Crippen LogP contribution in [0, 0.1) is 6.92 Å². The van der Waals surface area contributed by atoms with Crippen molar-refractivity contribution in [3.63, 3.8) is 0 Å². The minimum Gasteiger partial charge on any atom is -0.496 e. The molecule has 1 heterocycles. The zero-order chi connectivity index (χ0) is 13.7. The molecule has 102 valence electrons. The van der Waals surface area contributed by atoms with Crippen molar-refractivity contribution in [2.24, 2.45) is 0 Å². The van der Waals surface area contributed by atoms with Crippen LogP contribution >= 0.6 is 0 Å². The topological polar surface area (TPSA) is 34.4 Å². The molecule has 0 saturated heterocycles. The van der Waals surface area contributed by atoms with Crippen LogP contribution in [0.2, 0.25) is 0 Å². The third-order valence-electron chi connectivity index (χ3n) is 3.34. The van der Waals surface area contributed by atoms with Gasteiger partial charge in [0.1, 0.15) is 11.5 Å². The molecule has 1 atom stereocenters. The molecular weight excluding hydrogens is 238 g/mol. The van der Waals surface area contributed by atoms with Crippen LogP contribution < -0.4 is 10.1 Å². The van der Waals surface area contributed by atoms with Crippen LogP contribution in [-0.2, 0) is 6.42 Å². The van der Waals surface area contributed by atoms with Gasteiger partial charge in [0, 0.05) is 11.6 Å². The second-order valence-corrected chi connectivity index (χ2v) is 4.56. The van der Waals surface area contributed by atoms with Crippen LogP contribution in [0.5, 0.6) is 5.75 Å². The predicted molar refractivity (Wildman–Crippen MR) is 76.6 cm³/mol. The number of benzene rings is 1. The highest BCUT2D eigenvalue weighted by Crippen LogP contribution is 2.27. The summed E-state index contributed by atoms with van der Waals surface area (Å²) in [5, 5.41) is 3.51. The van der Waals surface area contributed by atoms with E-state index in [0.29, 0.717) is 0 Å². The Bertz CT molecular complexity index is 519. The van der Waals surface area contributed by atoms with Crippen molar-refractivity contribution in [3.05, 3.63) is 53.5 Å². The molecule has 1 N–H and O–H groups in total. The van der Waals surface area contributed by atoms with Gasteiger partial charge in [-0.2, -0.15) is 0 Å². The number of likely N-dealkylation sites (N-methyl/N-ethyl adjacent to an activating group) is 1. The molecule has 1 aromatic heterocycles. The van der Waals surface area contributed by atoms with Crippen LogP contribution in [0.15, 0.2) is 41.0 Å². The van der Waals surface area contributed by atoms with Gasteiger partial charge in [-0.05, 0) is 37.6 Å². The van der Waals surface area contributed by atoms with E-state index in [9.17, 15) is 0 Å². The van der Waals surface area contributed by atoms with Crippen LogP contribution in [0.25, 0.3) is 0 Å². The molecule has 1 aromatic carbocycles. The van der Waals surface area contributed by atoms with Crippen LogP contribution in [0.4, 0.5) is 0 Å². The SMILES string of the molecule is CCNC(Cc1ccccc1OC)c1ccoc1C. The summed E-state index contributed by atoms with van der Waals surface area (Å²) in [4.78, 5) is 0. The summed E-state index contributed by atoms with van der Waals surface area (Å²) in [5.74, 6) is 1.91. The molecule has 0 aliphatic carbocycles. The first-order valence-corrected chi connectivity index (χ1v) is 6.65. The number of ether oxygens (including phenoxy) is 1. The third kappa shape index (κ3) is 3.18. The van der Waals surface area contributed by atoms with Crippen molar-refractivity contribution in [2.45, 2.75) is 26.3 Å². The summed E-state index contributed by atoms with van der Waals surface area (Å²) in [6.45, 7) is 5.04. The van der Waals surface area contributed by atoms with Gasteiger partial charge in [-0.3, -0.25) is 0 Å². The quantitative estimate of drug-likeness (QED) is 0.862. The molecule has 0 spiro atoms. The standard InChI is InChI=1S/C16H21NO2/c1-4-17-15(14-9-10-19-12(14)2)11-13-7-5-6-8-16(13)18-3/h5-10,15,17H,4,11H2,1-3H3. The Morgan fingerprint density at radius 2 is 2.05 bits per heavy atom. The van der Waals surface area contributed by atoms with E-state index in [-0.39, 0.29) is 6.04 Å². The molecule has 2 aromatic rings. The van der Waals surface area contributed by atoms with Crippen LogP contribution in [-0.4, -0.2) is 13.7 Å². The van der Waals surface area contributed by atoms with Gasteiger partial charge in [0.25, 0.3) is 0 Å². The van der Waals surface area contributed by atoms with Gasteiger partial charge in [0.15, 0.2) is 0 Å². The van der Waals surface area contributed by atoms with Gasteiger partial charge >= 0.3 is 0 Å². The fourth-order valence-corrected chi connectivity index (χ4v) is 2.39. The maximum absolute atomic E-state index is 5.42. The Morgan fingerprint density at radius 3 is 2.68 bits per heavy atom. The summed E-state index contributed by atoms with van der Waals surface area (Å²) in [5.41, 5.74) is 2.42. The van der Waals surface area contributed by atoms with E-state index in [1.54, 1.807) is 13.4 Å². The number of nitrogens with one attached hydrogen (secondary N) is 1. The molecule has 19 heavy (non-hydrogen) atoms. The van der Waals surface area contributed by atoms with E-state index in [1.165, 1.54) is 11.1 Å². The summed E-state index contributed by atoms with van der Waals surface area (Å²) in [7, 11) is 1.71. The largest absolute Gasteiger partial charge is 0.496 e. The van der Waals surface area contributed by atoms with Crippen molar-refractivity contribution in [1.29, 1.82) is 0 Å². The zero-order valence-electron chi connectivity index (χ0n) is 11.8. The number of furan rings is 1. The number of aryl methyl sites for hydroxylation is 1. The normalized spacial score (nSPS) is 12.4. The lowest BCUT2D eigenvalue weighted by atomic mass is 9.98. The second kappa shape index (κ2) is 6.43. The number of hydrogen-bond acceptors (Lipinski definition) is 3. The monoisotopic (exact) mass is 259 g/mol. The van der Waals surface area contributed by atoms with Crippen molar-refractivity contribution in [1.82, 2.24) is 5.32 Å². The van der Waals surface area contributed by atoms with Gasteiger partial charge in [0.05, 0.1) is 13.4 Å². The molecule has 2 rings (SSSR count). The number of hydrogen-bond donors (Lipinski definition) is 1. The van der Waals surface area contributed by atoms with Gasteiger partial charge in [-0.1, -0.05) is 25.1 Å². The Kier molecular flexibility index (Phi) is 4.63. The van der Waals surface area contributed by atoms with Gasteiger partial charge in [-0.25, -0.2) is 0 Å².